The number of hydrogen-bond donors (Lipinski definition) is 1. The number of carbonyl (C=O) groups excluding carboxylic acids is 1. The number of aryl methyl sites for hydroxylation is 1. The van der Waals surface area contributed by atoms with Gasteiger partial charge in [0.2, 0.25) is 0 Å². The monoisotopic (exact) mass is 266 g/mol. The summed E-state index contributed by atoms with van der Waals surface area (Å²) in [5.74, 6) is -2.26. The Kier molecular flexibility index (Phi) is 5.67. The van der Waals surface area contributed by atoms with Gasteiger partial charge in [-0.15, -0.1) is 0 Å². The molecule has 0 fully saturated rings. The Morgan fingerprint density at radius 2 is 2.05 bits per heavy atom. The van der Waals surface area contributed by atoms with Crippen molar-refractivity contribution in [1.29, 1.82) is 0 Å². The Morgan fingerprint density at radius 1 is 1.37 bits per heavy atom. The van der Waals surface area contributed by atoms with Crippen LogP contribution in [-0.2, 0) is 16.0 Å². The van der Waals surface area contributed by atoms with Gasteiger partial charge in [0, 0.05) is 12.8 Å². The van der Waals surface area contributed by atoms with Crippen molar-refractivity contribution in [2.75, 3.05) is 0 Å². The average Bonchev–Trinajstić information content (AvgIpc) is 2.32. The fourth-order valence-corrected chi connectivity index (χ4v) is 2.02. The van der Waals surface area contributed by atoms with Crippen LogP contribution in [0.15, 0.2) is 18.2 Å². The van der Waals surface area contributed by atoms with Gasteiger partial charge in [0.25, 0.3) is 0 Å². The Bertz CT molecular complexity index is 468. The number of benzene rings is 1. The van der Waals surface area contributed by atoms with Crippen molar-refractivity contribution >= 4 is 11.8 Å². The molecule has 0 aliphatic rings. The number of rotatable bonds is 7. The SMILES string of the molecule is CCCC(CC(=O)Cc1ccc(C)cc1F)C(=O)O. The van der Waals surface area contributed by atoms with Gasteiger partial charge in [0.15, 0.2) is 0 Å². The first kappa shape index (κ1) is 15.3. The van der Waals surface area contributed by atoms with Crippen molar-refractivity contribution < 1.29 is 19.1 Å². The predicted octanol–water partition coefficient (Wildman–Crippen LogP) is 3.14. The fraction of sp³-hybridized carbons (Fsp3) is 0.467. The maximum absolute atomic E-state index is 13.6. The number of carbonyl (C=O) groups is 2. The normalized spacial score (nSPS) is 12.2. The number of hydrogen-bond acceptors (Lipinski definition) is 2. The van der Waals surface area contributed by atoms with Crippen LogP contribution in [0.5, 0.6) is 0 Å². The van der Waals surface area contributed by atoms with Crippen LogP contribution < -0.4 is 0 Å². The van der Waals surface area contributed by atoms with Crippen molar-refractivity contribution in [2.24, 2.45) is 5.92 Å². The minimum Gasteiger partial charge on any atom is -0.481 e. The van der Waals surface area contributed by atoms with Gasteiger partial charge in [-0.3, -0.25) is 9.59 Å². The van der Waals surface area contributed by atoms with E-state index in [2.05, 4.69) is 0 Å². The van der Waals surface area contributed by atoms with Crippen LogP contribution in [0.1, 0.15) is 37.3 Å². The molecule has 1 aromatic carbocycles. The van der Waals surface area contributed by atoms with Gasteiger partial charge in [-0.05, 0) is 30.5 Å². The van der Waals surface area contributed by atoms with Gasteiger partial charge < -0.3 is 5.11 Å². The molecule has 0 saturated heterocycles. The third kappa shape index (κ3) is 4.81. The van der Waals surface area contributed by atoms with E-state index in [0.29, 0.717) is 18.4 Å². The van der Waals surface area contributed by atoms with Crippen molar-refractivity contribution in [3.8, 4) is 0 Å². The molecule has 1 N–H and O–H groups in total. The first-order valence-electron chi connectivity index (χ1n) is 6.43. The summed E-state index contributed by atoms with van der Waals surface area (Å²) in [5.41, 5.74) is 1.12. The van der Waals surface area contributed by atoms with E-state index in [1.54, 1.807) is 19.1 Å². The molecule has 1 aromatic rings. The highest BCUT2D eigenvalue weighted by atomic mass is 19.1. The molecule has 4 heteroatoms. The lowest BCUT2D eigenvalue weighted by Crippen LogP contribution is -2.19. The molecule has 104 valence electrons. The molecule has 1 atom stereocenters. The standard InChI is InChI=1S/C15H19FO3/c1-3-4-12(15(18)19)9-13(17)8-11-6-5-10(2)7-14(11)16/h5-7,12H,3-4,8-9H2,1-2H3,(H,18,19). The summed E-state index contributed by atoms with van der Waals surface area (Å²) in [6.45, 7) is 3.65. The van der Waals surface area contributed by atoms with Crippen LogP contribution >= 0.6 is 0 Å². The lowest BCUT2D eigenvalue weighted by atomic mass is 9.94. The Balaban J connectivity index is 2.66. The summed E-state index contributed by atoms with van der Waals surface area (Å²) in [6.07, 6.45) is 1.11. The number of ketones is 1. The largest absolute Gasteiger partial charge is 0.481 e. The highest BCUT2D eigenvalue weighted by molar-refractivity contribution is 5.85. The van der Waals surface area contributed by atoms with Gasteiger partial charge in [-0.2, -0.15) is 0 Å². The van der Waals surface area contributed by atoms with Crippen LogP contribution in [-0.4, -0.2) is 16.9 Å². The molecule has 0 bridgehead atoms. The first-order chi connectivity index (χ1) is 8.93. The zero-order valence-electron chi connectivity index (χ0n) is 11.3. The molecule has 3 nitrogen and oxygen atoms in total. The highest BCUT2D eigenvalue weighted by Crippen LogP contribution is 2.16. The van der Waals surface area contributed by atoms with E-state index in [1.807, 2.05) is 6.92 Å². The van der Waals surface area contributed by atoms with Crippen molar-refractivity contribution in [3.05, 3.63) is 35.1 Å². The van der Waals surface area contributed by atoms with Crippen molar-refractivity contribution in [2.45, 2.75) is 39.5 Å². The van der Waals surface area contributed by atoms with E-state index in [4.69, 9.17) is 5.11 Å². The third-order valence-electron chi connectivity index (χ3n) is 3.06. The van der Waals surface area contributed by atoms with Crippen molar-refractivity contribution in [1.82, 2.24) is 0 Å². The van der Waals surface area contributed by atoms with Crippen molar-refractivity contribution in [3.63, 3.8) is 0 Å². The van der Waals surface area contributed by atoms with E-state index < -0.39 is 17.7 Å². The summed E-state index contributed by atoms with van der Waals surface area (Å²) in [7, 11) is 0. The second kappa shape index (κ2) is 7.02. The number of Topliss-reactive ketones (excluding diaryl/α,β-unsaturated/α-hetero) is 1. The summed E-state index contributed by atoms with van der Waals surface area (Å²) >= 11 is 0. The highest BCUT2D eigenvalue weighted by Gasteiger charge is 2.20. The first-order valence-corrected chi connectivity index (χ1v) is 6.43. The predicted molar refractivity (Wildman–Crippen MR) is 70.5 cm³/mol. The minimum absolute atomic E-state index is 0.0313. The number of halogens is 1. The smallest absolute Gasteiger partial charge is 0.306 e. The van der Waals surface area contributed by atoms with E-state index in [-0.39, 0.29) is 18.6 Å². The van der Waals surface area contributed by atoms with Gasteiger partial charge in [-0.25, -0.2) is 4.39 Å². The number of carboxylic acid groups (broad SMARTS) is 1. The maximum atomic E-state index is 13.6. The fourth-order valence-electron chi connectivity index (χ4n) is 2.02. The van der Waals surface area contributed by atoms with Gasteiger partial charge in [0.05, 0.1) is 5.92 Å². The van der Waals surface area contributed by atoms with E-state index in [1.165, 1.54) is 6.07 Å². The van der Waals surface area contributed by atoms with Gasteiger partial charge >= 0.3 is 5.97 Å². The van der Waals surface area contributed by atoms with E-state index in [0.717, 1.165) is 5.56 Å². The number of aliphatic carboxylic acids is 1. The van der Waals surface area contributed by atoms with E-state index >= 15 is 0 Å². The van der Waals surface area contributed by atoms with E-state index in [9.17, 15) is 14.0 Å². The molecular formula is C15H19FO3. The summed E-state index contributed by atoms with van der Waals surface area (Å²) in [6, 6.07) is 4.70. The van der Waals surface area contributed by atoms with Gasteiger partial charge in [-0.1, -0.05) is 25.5 Å². The van der Waals surface area contributed by atoms with Crippen LogP contribution in [0.4, 0.5) is 4.39 Å². The molecule has 0 aliphatic heterocycles. The van der Waals surface area contributed by atoms with Gasteiger partial charge in [0.1, 0.15) is 11.6 Å². The molecule has 0 aromatic heterocycles. The Hall–Kier alpha value is -1.71. The summed E-state index contributed by atoms with van der Waals surface area (Å²) < 4.78 is 13.6. The molecule has 0 spiro atoms. The molecule has 0 aliphatic carbocycles. The molecule has 1 unspecified atom stereocenters. The zero-order valence-corrected chi connectivity index (χ0v) is 11.3. The Labute approximate surface area is 112 Å². The maximum Gasteiger partial charge on any atom is 0.306 e. The Morgan fingerprint density at radius 3 is 2.58 bits per heavy atom. The summed E-state index contributed by atoms with van der Waals surface area (Å²) in [5, 5.41) is 8.98. The quantitative estimate of drug-likeness (QED) is 0.824. The molecule has 1 rings (SSSR count). The lowest BCUT2D eigenvalue weighted by Gasteiger charge is -2.10. The molecule has 0 amide bonds. The zero-order chi connectivity index (χ0) is 14.4. The van der Waals surface area contributed by atoms with Crippen LogP contribution in [0.3, 0.4) is 0 Å². The third-order valence-corrected chi connectivity index (χ3v) is 3.06. The lowest BCUT2D eigenvalue weighted by molar-refractivity contribution is -0.144. The second-order valence-corrected chi connectivity index (χ2v) is 4.84. The minimum atomic E-state index is -0.959. The second-order valence-electron chi connectivity index (χ2n) is 4.84. The van der Waals surface area contributed by atoms with Crippen LogP contribution in [0, 0.1) is 18.7 Å². The topological polar surface area (TPSA) is 54.4 Å². The molecule has 19 heavy (non-hydrogen) atoms. The molecule has 0 saturated carbocycles. The molecular weight excluding hydrogens is 247 g/mol. The van der Waals surface area contributed by atoms with Crippen LogP contribution in [0.2, 0.25) is 0 Å². The molecule has 0 heterocycles. The summed E-state index contributed by atoms with van der Waals surface area (Å²) in [4.78, 5) is 22.8. The average molecular weight is 266 g/mol. The van der Waals surface area contributed by atoms with Crippen LogP contribution in [0.25, 0.3) is 0 Å². The number of carboxylic acids is 1. The molecule has 0 radical (unpaired) electrons.